The maximum absolute atomic E-state index is 13.2. The monoisotopic (exact) mass is 417 g/mol. The smallest absolute Gasteiger partial charge is 0.295 e. The predicted molar refractivity (Wildman–Crippen MR) is 120 cm³/mol. The molecule has 6 nitrogen and oxygen atoms in total. The van der Waals surface area contributed by atoms with Crippen LogP contribution in [0.1, 0.15) is 35.3 Å². The largest absolute Gasteiger partial charge is 0.342 e. The van der Waals surface area contributed by atoms with E-state index in [1.807, 2.05) is 56.3 Å². The molecule has 2 amide bonds. The van der Waals surface area contributed by atoms with Crippen LogP contribution in [0.5, 0.6) is 0 Å². The molecular weight excluding hydrogens is 390 g/mol. The third kappa shape index (κ3) is 3.98. The van der Waals surface area contributed by atoms with Crippen LogP contribution in [0.4, 0.5) is 0 Å². The fourth-order valence-electron chi connectivity index (χ4n) is 4.31. The number of hydrogen-bond donors (Lipinski definition) is 0. The van der Waals surface area contributed by atoms with Crippen LogP contribution in [-0.4, -0.2) is 51.6 Å². The van der Waals surface area contributed by atoms with E-state index in [9.17, 15) is 14.4 Å². The quantitative estimate of drug-likeness (QED) is 0.457. The molecule has 2 aromatic carbocycles. The topological polar surface area (TPSA) is 62.6 Å². The van der Waals surface area contributed by atoms with Gasteiger partial charge in [0, 0.05) is 43.3 Å². The summed E-state index contributed by atoms with van der Waals surface area (Å²) in [5, 5.41) is 0.700. The van der Waals surface area contributed by atoms with E-state index >= 15 is 0 Å². The minimum absolute atomic E-state index is 0.0104. The molecule has 160 valence electrons. The van der Waals surface area contributed by atoms with E-state index in [0.717, 1.165) is 17.5 Å². The summed E-state index contributed by atoms with van der Waals surface area (Å²) in [7, 11) is 0. The van der Waals surface area contributed by atoms with E-state index in [1.54, 1.807) is 20.6 Å². The molecule has 1 aliphatic heterocycles. The van der Waals surface area contributed by atoms with Gasteiger partial charge in [-0.05, 0) is 37.5 Å². The Morgan fingerprint density at radius 2 is 1.61 bits per heavy atom. The molecule has 1 aromatic heterocycles. The molecule has 4 rings (SSSR count). The van der Waals surface area contributed by atoms with Gasteiger partial charge in [-0.3, -0.25) is 14.4 Å². The van der Waals surface area contributed by atoms with Crippen LogP contribution in [0.25, 0.3) is 10.9 Å². The van der Waals surface area contributed by atoms with Gasteiger partial charge in [0.15, 0.2) is 0 Å². The first-order chi connectivity index (χ1) is 15.0. The van der Waals surface area contributed by atoms with Crippen LogP contribution < -0.4 is 0 Å². The van der Waals surface area contributed by atoms with Crippen molar-refractivity contribution >= 4 is 28.5 Å². The van der Waals surface area contributed by atoms with Gasteiger partial charge in [-0.2, -0.15) is 0 Å². The lowest BCUT2D eigenvalue weighted by atomic mass is 9.99. The summed E-state index contributed by atoms with van der Waals surface area (Å²) in [4.78, 5) is 42.3. The van der Waals surface area contributed by atoms with E-state index in [1.165, 1.54) is 5.56 Å². The van der Waals surface area contributed by atoms with Crippen LogP contribution in [0, 0.1) is 0 Å². The van der Waals surface area contributed by atoms with Crippen LogP contribution in [0.3, 0.4) is 0 Å². The fraction of sp³-hybridized carbons (Fsp3) is 0.320. The number of para-hydroxylation sites is 1. The van der Waals surface area contributed by atoms with Gasteiger partial charge in [-0.1, -0.05) is 42.5 Å². The first-order valence-electron chi connectivity index (χ1n) is 10.8. The van der Waals surface area contributed by atoms with Crippen molar-refractivity contribution in [2.24, 2.45) is 0 Å². The Labute approximate surface area is 182 Å². The van der Waals surface area contributed by atoms with Gasteiger partial charge in [0.1, 0.15) is 6.54 Å². The van der Waals surface area contributed by atoms with E-state index in [2.05, 4.69) is 6.07 Å². The number of rotatable bonds is 6. The normalized spacial score (nSPS) is 13.2. The summed E-state index contributed by atoms with van der Waals surface area (Å²) in [6.07, 6.45) is 2.40. The highest BCUT2D eigenvalue weighted by Crippen LogP contribution is 2.24. The molecule has 0 radical (unpaired) electrons. The number of aromatic nitrogens is 1. The van der Waals surface area contributed by atoms with Crippen molar-refractivity contribution in [1.29, 1.82) is 0 Å². The molecule has 31 heavy (non-hydrogen) atoms. The number of ketones is 1. The van der Waals surface area contributed by atoms with Crippen molar-refractivity contribution in [3.05, 3.63) is 71.4 Å². The zero-order valence-electron chi connectivity index (χ0n) is 18.0. The minimum Gasteiger partial charge on any atom is -0.342 e. The summed E-state index contributed by atoms with van der Waals surface area (Å²) in [6, 6.07) is 15.5. The number of fused-ring (bicyclic) bond motifs is 2. The summed E-state index contributed by atoms with van der Waals surface area (Å²) in [6.45, 7) is 6.27. The third-order valence-electron chi connectivity index (χ3n) is 6.07. The zero-order valence-corrected chi connectivity index (χ0v) is 18.0. The van der Waals surface area contributed by atoms with Crippen molar-refractivity contribution in [2.45, 2.75) is 33.4 Å². The molecule has 0 atom stereocenters. The summed E-state index contributed by atoms with van der Waals surface area (Å²) in [5.41, 5.74) is 3.45. The number of amides is 2. The second-order valence-corrected chi connectivity index (χ2v) is 7.83. The second kappa shape index (κ2) is 8.76. The molecule has 0 fully saturated rings. The fourth-order valence-corrected chi connectivity index (χ4v) is 4.31. The van der Waals surface area contributed by atoms with Gasteiger partial charge in [-0.15, -0.1) is 0 Å². The Morgan fingerprint density at radius 1 is 0.935 bits per heavy atom. The highest BCUT2D eigenvalue weighted by Gasteiger charge is 2.29. The number of carbonyl (C=O) groups excluding carboxylic acids is 3. The highest BCUT2D eigenvalue weighted by molar-refractivity contribution is 6.44. The molecule has 2 heterocycles. The Hall–Kier alpha value is -3.41. The lowest BCUT2D eigenvalue weighted by Crippen LogP contribution is -2.40. The van der Waals surface area contributed by atoms with Crippen molar-refractivity contribution in [2.75, 3.05) is 19.6 Å². The van der Waals surface area contributed by atoms with Crippen LogP contribution >= 0.6 is 0 Å². The lowest BCUT2D eigenvalue weighted by Gasteiger charge is -2.28. The van der Waals surface area contributed by atoms with Gasteiger partial charge in [0.2, 0.25) is 5.91 Å². The zero-order chi connectivity index (χ0) is 22.0. The van der Waals surface area contributed by atoms with E-state index < -0.39 is 11.7 Å². The maximum Gasteiger partial charge on any atom is 0.295 e. The van der Waals surface area contributed by atoms with Crippen LogP contribution in [0.15, 0.2) is 54.7 Å². The minimum atomic E-state index is -0.524. The standard InChI is InChI=1S/C25H27N3O3/c1-3-26(4-2)23(29)17-28-16-21(20-11-7-8-12-22(20)28)24(30)25(31)27-14-13-18-9-5-6-10-19(18)15-27/h5-12,16H,3-4,13-15,17H2,1-2H3. The molecule has 0 bridgehead atoms. The van der Waals surface area contributed by atoms with Crippen molar-refractivity contribution < 1.29 is 14.4 Å². The molecule has 0 unspecified atom stereocenters. The SMILES string of the molecule is CCN(CC)C(=O)Cn1cc(C(=O)C(=O)N2CCc3ccccc3C2)c2ccccc21. The Morgan fingerprint density at radius 3 is 2.35 bits per heavy atom. The number of likely N-dealkylation sites (N-methyl/N-ethyl adjacent to an activating group) is 1. The van der Waals surface area contributed by atoms with E-state index in [0.29, 0.717) is 37.1 Å². The highest BCUT2D eigenvalue weighted by atomic mass is 16.2. The number of hydrogen-bond acceptors (Lipinski definition) is 3. The summed E-state index contributed by atoms with van der Waals surface area (Å²) >= 11 is 0. The second-order valence-electron chi connectivity index (χ2n) is 7.83. The van der Waals surface area contributed by atoms with Crippen molar-refractivity contribution in [1.82, 2.24) is 14.4 Å². The maximum atomic E-state index is 13.2. The summed E-state index contributed by atoms with van der Waals surface area (Å²) in [5.74, 6) is -1.03. The summed E-state index contributed by atoms with van der Waals surface area (Å²) < 4.78 is 1.78. The van der Waals surface area contributed by atoms with Crippen molar-refractivity contribution in [3.8, 4) is 0 Å². The van der Waals surface area contributed by atoms with Gasteiger partial charge < -0.3 is 14.4 Å². The van der Waals surface area contributed by atoms with E-state index in [-0.39, 0.29) is 12.5 Å². The average molecular weight is 418 g/mol. The van der Waals surface area contributed by atoms with Crippen LogP contribution in [-0.2, 0) is 29.1 Å². The molecular formula is C25H27N3O3. The number of nitrogens with zero attached hydrogens (tertiary/aromatic N) is 3. The lowest BCUT2D eigenvalue weighted by molar-refractivity contribution is -0.131. The molecule has 0 saturated carbocycles. The predicted octanol–water partition coefficient (Wildman–Crippen LogP) is 3.28. The molecule has 0 aliphatic carbocycles. The number of benzene rings is 2. The van der Waals surface area contributed by atoms with Gasteiger partial charge in [0.05, 0.1) is 5.56 Å². The molecule has 1 aliphatic rings. The first-order valence-corrected chi connectivity index (χ1v) is 10.8. The average Bonchev–Trinajstić information content (AvgIpc) is 3.17. The van der Waals surface area contributed by atoms with Gasteiger partial charge in [0.25, 0.3) is 11.7 Å². The molecule has 3 aromatic rings. The number of Topliss-reactive ketones (excluding diaryl/α,β-unsaturated/α-hetero) is 1. The van der Waals surface area contributed by atoms with Gasteiger partial charge >= 0.3 is 0 Å². The molecule has 0 saturated heterocycles. The Kier molecular flexibility index (Phi) is 5.89. The molecule has 0 spiro atoms. The first kappa shape index (κ1) is 20.8. The molecule has 6 heteroatoms. The molecule has 0 N–H and O–H groups in total. The van der Waals surface area contributed by atoms with Crippen molar-refractivity contribution in [3.63, 3.8) is 0 Å². The number of carbonyl (C=O) groups is 3. The van der Waals surface area contributed by atoms with E-state index in [4.69, 9.17) is 0 Å². The van der Waals surface area contributed by atoms with Gasteiger partial charge in [-0.25, -0.2) is 0 Å². The Balaban J connectivity index is 1.61. The van der Waals surface area contributed by atoms with Crippen LogP contribution in [0.2, 0.25) is 0 Å². The Bertz CT molecular complexity index is 1140. The third-order valence-corrected chi connectivity index (χ3v) is 6.07.